The van der Waals surface area contributed by atoms with Crippen LogP contribution in [0.25, 0.3) is 10.6 Å². The Hall–Kier alpha value is -2.73. The van der Waals surface area contributed by atoms with Crippen LogP contribution in [-0.4, -0.2) is 87.3 Å². The van der Waals surface area contributed by atoms with Crippen molar-refractivity contribution in [3.8, 4) is 16.6 Å². The Balaban J connectivity index is 1.16. The van der Waals surface area contributed by atoms with E-state index in [4.69, 9.17) is 9.47 Å². The minimum atomic E-state index is 0.0422. The van der Waals surface area contributed by atoms with Crippen LogP contribution in [0.2, 0.25) is 0 Å². The Labute approximate surface area is 203 Å². The SMILES string of the molecule is CCN1CCN(Cc2cnc(Nc3ncc(-c4ccnc(OCC5(C)COC5)n4)s3)nc2)CC1. The first-order chi connectivity index (χ1) is 16.6. The zero-order chi connectivity index (χ0) is 23.4. The number of nitrogens with one attached hydrogen (secondary N) is 1. The van der Waals surface area contributed by atoms with Gasteiger partial charge in [-0.2, -0.15) is 4.98 Å². The summed E-state index contributed by atoms with van der Waals surface area (Å²) in [5.74, 6) is 0.531. The van der Waals surface area contributed by atoms with Crippen LogP contribution in [0.4, 0.5) is 11.1 Å². The second kappa shape index (κ2) is 10.3. The van der Waals surface area contributed by atoms with Crippen molar-refractivity contribution in [1.82, 2.24) is 34.7 Å². The quantitative estimate of drug-likeness (QED) is 0.490. The molecule has 5 rings (SSSR count). The molecule has 0 spiro atoms. The Bertz CT molecular complexity index is 1080. The molecule has 0 unspecified atom stereocenters. The lowest BCUT2D eigenvalue weighted by molar-refractivity contribution is -0.121. The summed E-state index contributed by atoms with van der Waals surface area (Å²) in [5.41, 5.74) is 1.93. The van der Waals surface area contributed by atoms with Gasteiger partial charge in [0.15, 0.2) is 5.13 Å². The Morgan fingerprint density at radius 2 is 1.82 bits per heavy atom. The fourth-order valence-corrected chi connectivity index (χ4v) is 4.67. The van der Waals surface area contributed by atoms with Crippen molar-refractivity contribution < 1.29 is 9.47 Å². The van der Waals surface area contributed by atoms with Gasteiger partial charge in [-0.05, 0) is 12.6 Å². The molecule has 5 heterocycles. The van der Waals surface area contributed by atoms with Crippen molar-refractivity contribution in [2.45, 2.75) is 20.4 Å². The van der Waals surface area contributed by atoms with E-state index in [0.29, 0.717) is 36.9 Å². The van der Waals surface area contributed by atoms with Gasteiger partial charge in [0.25, 0.3) is 0 Å². The van der Waals surface area contributed by atoms with Gasteiger partial charge >= 0.3 is 6.01 Å². The van der Waals surface area contributed by atoms with Crippen molar-refractivity contribution in [1.29, 1.82) is 0 Å². The lowest BCUT2D eigenvalue weighted by Gasteiger charge is -2.37. The Kier molecular flexibility index (Phi) is 6.95. The number of rotatable bonds is 9. The molecule has 0 amide bonds. The summed E-state index contributed by atoms with van der Waals surface area (Å²) >= 11 is 1.48. The Morgan fingerprint density at radius 1 is 1.06 bits per heavy atom. The van der Waals surface area contributed by atoms with Gasteiger partial charge in [-0.15, -0.1) is 0 Å². The smallest absolute Gasteiger partial charge is 0.316 e. The third-order valence-electron chi connectivity index (χ3n) is 6.08. The number of hydrogen-bond donors (Lipinski definition) is 1. The van der Waals surface area contributed by atoms with Gasteiger partial charge in [-0.1, -0.05) is 25.2 Å². The highest BCUT2D eigenvalue weighted by atomic mass is 32.1. The molecule has 0 aliphatic carbocycles. The van der Waals surface area contributed by atoms with Crippen LogP contribution in [-0.2, 0) is 11.3 Å². The van der Waals surface area contributed by atoms with E-state index >= 15 is 0 Å². The fourth-order valence-electron chi connectivity index (χ4n) is 3.89. The van der Waals surface area contributed by atoms with E-state index in [1.54, 1.807) is 12.4 Å². The van der Waals surface area contributed by atoms with Gasteiger partial charge < -0.3 is 19.7 Å². The van der Waals surface area contributed by atoms with Crippen LogP contribution in [0.5, 0.6) is 6.01 Å². The summed E-state index contributed by atoms with van der Waals surface area (Å²) in [4.78, 5) is 28.0. The number of nitrogens with zero attached hydrogens (tertiary/aromatic N) is 7. The van der Waals surface area contributed by atoms with Gasteiger partial charge in [-0.25, -0.2) is 19.9 Å². The maximum absolute atomic E-state index is 5.79. The summed E-state index contributed by atoms with van der Waals surface area (Å²) in [7, 11) is 0. The number of aromatic nitrogens is 5. The average molecular weight is 483 g/mol. The standard InChI is InChI=1S/C23H30N8O2S/c1-3-30-6-8-31(9-7-30)13-17-10-25-20(26-11-17)29-22-27-12-19(34-22)18-4-5-24-21(28-18)33-16-23(2)14-32-15-23/h4-5,10-12H,3,6-9,13-16H2,1-2H3,(H,25,26,27,29). The predicted octanol–water partition coefficient (Wildman–Crippen LogP) is 2.69. The van der Waals surface area contributed by atoms with E-state index in [2.05, 4.69) is 53.9 Å². The second-order valence-electron chi connectivity index (χ2n) is 9.10. The molecule has 0 bridgehead atoms. The maximum atomic E-state index is 5.79. The molecule has 34 heavy (non-hydrogen) atoms. The molecule has 3 aromatic rings. The summed E-state index contributed by atoms with van der Waals surface area (Å²) in [6.45, 7) is 12.7. The highest BCUT2D eigenvalue weighted by Crippen LogP contribution is 2.30. The van der Waals surface area contributed by atoms with Crippen LogP contribution in [0.3, 0.4) is 0 Å². The van der Waals surface area contributed by atoms with Crippen LogP contribution >= 0.6 is 11.3 Å². The normalized spacial score (nSPS) is 18.4. The topological polar surface area (TPSA) is 101 Å². The molecular formula is C23H30N8O2S. The molecule has 0 aromatic carbocycles. The van der Waals surface area contributed by atoms with Gasteiger partial charge in [0.2, 0.25) is 5.95 Å². The number of likely N-dealkylation sites (N-methyl/N-ethyl adjacent to an activating group) is 1. The number of piperazine rings is 1. The van der Waals surface area contributed by atoms with Crippen LogP contribution < -0.4 is 10.1 Å². The summed E-state index contributed by atoms with van der Waals surface area (Å²) in [5, 5.41) is 3.90. The summed E-state index contributed by atoms with van der Waals surface area (Å²) in [6, 6.07) is 2.22. The van der Waals surface area contributed by atoms with Gasteiger partial charge in [0.1, 0.15) is 6.61 Å². The van der Waals surface area contributed by atoms with Crippen molar-refractivity contribution in [3.63, 3.8) is 0 Å². The van der Waals surface area contributed by atoms with Gasteiger partial charge in [0.05, 0.1) is 23.8 Å². The molecule has 2 aliphatic heterocycles. The third kappa shape index (κ3) is 5.66. The predicted molar refractivity (Wildman–Crippen MR) is 130 cm³/mol. The minimum absolute atomic E-state index is 0.0422. The molecule has 0 radical (unpaired) electrons. The summed E-state index contributed by atoms with van der Waals surface area (Å²) < 4.78 is 11.1. The second-order valence-corrected chi connectivity index (χ2v) is 10.1. The molecule has 180 valence electrons. The van der Waals surface area contributed by atoms with Gasteiger partial charge in [0, 0.05) is 68.5 Å². The van der Waals surface area contributed by atoms with Crippen LogP contribution in [0.1, 0.15) is 19.4 Å². The maximum Gasteiger partial charge on any atom is 0.316 e. The third-order valence-corrected chi connectivity index (χ3v) is 7.02. The molecule has 2 aliphatic rings. The van der Waals surface area contributed by atoms with E-state index < -0.39 is 0 Å². The summed E-state index contributed by atoms with van der Waals surface area (Å²) in [6.07, 6.45) is 7.26. The van der Waals surface area contributed by atoms with Crippen LogP contribution in [0.15, 0.2) is 30.9 Å². The molecule has 10 nitrogen and oxygen atoms in total. The van der Waals surface area contributed by atoms with Gasteiger partial charge in [-0.3, -0.25) is 4.90 Å². The average Bonchev–Trinajstić information content (AvgIpc) is 3.32. The lowest BCUT2D eigenvalue weighted by atomic mass is 9.90. The van der Waals surface area contributed by atoms with E-state index in [1.807, 2.05) is 18.5 Å². The molecular weight excluding hydrogens is 452 g/mol. The highest BCUT2D eigenvalue weighted by Gasteiger charge is 2.34. The van der Waals surface area contributed by atoms with E-state index in [0.717, 1.165) is 55.4 Å². The van der Waals surface area contributed by atoms with E-state index in [-0.39, 0.29) is 5.41 Å². The van der Waals surface area contributed by atoms with Crippen molar-refractivity contribution in [3.05, 3.63) is 36.4 Å². The lowest BCUT2D eigenvalue weighted by Crippen LogP contribution is -2.45. The molecule has 3 aromatic heterocycles. The molecule has 0 atom stereocenters. The van der Waals surface area contributed by atoms with Crippen molar-refractivity contribution >= 4 is 22.4 Å². The molecule has 2 fully saturated rings. The number of hydrogen-bond acceptors (Lipinski definition) is 11. The van der Waals surface area contributed by atoms with Crippen LogP contribution in [0, 0.1) is 5.41 Å². The number of anilines is 2. The van der Waals surface area contributed by atoms with Crippen molar-refractivity contribution in [2.24, 2.45) is 5.41 Å². The first-order valence-electron chi connectivity index (χ1n) is 11.6. The van der Waals surface area contributed by atoms with E-state index in [1.165, 1.54) is 11.3 Å². The molecule has 1 N–H and O–H groups in total. The first kappa shape index (κ1) is 23.0. The number of thiazole rings is 1. The fraction of sp³-hybridized carbons (Fsp3) is 0.522. The largest absolute Gasteiger partial charge is 0.463 e. The molecule has 0 saturated carbocycles. The van der Waals surface area contributed by atoms with E-state index in [9.17, 15) is 0 Å². The zero-order valence-corrected chi connectivity index (χ0v) is 20.4. The minimum Gasteiger partial charge on any atom is -0.463 e. The molecule has 2 saturated heterocycles. The van der Waals surface area contributed by atoms with Crippen molar-refractivity contribution in [2.75, 3.05) is 57.9 Å². The molecule has 11 heteroatoms. The monoisotopic (exact) mass is 482 g/mol. The first-order valence-corrected chi connectivity index (χ1v) is 12.4. The Morgan fingerprint density at radius 3 is 2.53 bits per heavy atom. The number of ether oxygens (including phenoxy) is 2. The zero-order valence-electron chi connectivity index (χ0n) is 19.6. The highest BCUT2D eigenvalue weighted by molar-refractivity contribution is 7.18.